The van der Waals surface area contributed by atoms with E-state index in [0.29, 0.717) is 30.8 Å². The SMILES string of the molecule is CC(C)(C)c1ccc(CNC(=O)CCc2ccc(C(=O)OSN)c(F)c2)cc1. The van der Waals surface area contributed by atoms with E-state index in [1.165, 1.54) is 17.7 Å². The van der Waals surface area contributed by atoms with Crippen molar-refractivity contribution in [2.75, 3.05) is 0 Å². The second-order valence-electron chi connectivity index (χ2n) is 7.50. The number of aryl methyl sites for hydroxylation is 1. The zero-order valence-electron chi connectivity index (χ0n) is 16.3. The molecule has 0 unspecified atom stereocenters. The highest BCUT2D eigenvalue weighted by Gasteiger charge is 2.15. The summed E-state index contributed by atoms with van der Waals surface area (Å²) in [5.74, 6) is -1.66. The van der Waals surface area contributed by atoms with Crippen LogP contribution in [0.25, 0.3) is 0 Å². The summed E-state index contributed by atoms with van der Waals surface area (Å²) >= 11 is 0.368. The molecule has 5 nitrogen and oxygen atoms in total. The molecule has 7 heteroatoms. The van der Waals surface area contributed by atoms with Crippen molar-refractivity contribution in [3.05, 3.63) is 70.5 Å². The first-order chi connectivity index (χ1) is 13.2. The normalized spacial score (nSPS) is 11.2. The molecular formula is C21H25FN2O3S. The number of halogens is 1. The first-order valence-electron chi connectivity index (χ1n) is 8.93. The van der Waals surface area contributed by atoms with Crippen molar-refractivity contribution in [3.63, 3.8) is 0 Å². The van der Waals surface area contributed by atoms with Crippen LogP contribution >= 0.6 is 12.2 Å². The highest BCUT2D eigenvalue weighted by Crippen LogP contribution is 2.22. The van der Waals surface area contributed by atoms with Gasteiger partial charge in [-0.3, -0.25) is 4.79 Å². The van der Waals surface area contributed by atoms with E-state index in [4.69, 9.17) is 5.14 Å². The van der Waals surface area contributed by atoms with E-state index in [1.807, 2.05) is 12.1 Å². The van der Waals surface area contributed by atoms with Crippen LogP contribution in [0.2, 0.25) is 0 Å². The van der Waals surface area contributed by atoms with Crippen molar-refractivity contribution >= 4 is 24.1 Å². The Hall–Kier alpha value is -2.38. The number of amides is 1. The average molecular weight is 405 g/mol. The summed E-state index contributed by atoms with van der Waals surface area (Å²) in [4.78, 5) is 23.6. The monoisotopic (exact) mass is 404 g/mol. The molecular weight excluding hydrogens is 379 g/mol. The Kier molecular flexibility index (Phi) is 7.60. The lowest BCUT2D eigenvalue weighted by Crippen LogP contribution is -2.23. The number of nitrogens with two attached hydrogens (primary N) is 1. The fraction of sp³-hybridized carbons (Fsp3) is 0.333. The molecule has 0 aromatic heterocycles. The fourth-order valence-electron chi connectivity index (χ4n) is 2.64. The molecule has 0 aliphatic rings. The van der Waals surface area contributed by atoms with Gasteiger partial charge in [-0.25, -0.2) is 14.3 Å². The minimum absolute atomic E-state index is 0.0898. The number of nitrogens with one attached hydrogen (secondary N) is 1. The smallest absolute Gasteiger partial charge is 0.354 e. The van der Waals surface area contributed by atoms with Crippen molar-refractivity contribution in [2.45, 2.75) is 45.6 Å². The summed E-state index contributed by atoms with van der Waals surface area (Å²) in [5.41, 5.74) is 2.78. The Labute approximate surface area is 169 Å². The molecule has 0 fully saturated rings. The fourth-order valence-corrected chi connectivity index (χ4v) is 2.81. The van der Waals surface area contributed by atoms with Gasteiger partial charge in [0.25, 0.3) is 0 Å². The van der Waals surface area contributed by atoms with E-state index in [1.54, 1.807) is 6.07 Å². The zero-order valence-corrected chi connectivity index (χ0v) is 17.1. The molecule has 2 aromatic carbocycles. The van der Waals surface area contributed by atoms with Gasteiger partial charge in [0, 0.05) is 13.0 Å². The lowest BCUT2D eigenvalue weighted by Gasteiger charge is -2.19. The van der Waals surface area contributed by atoms with Crippen LogP contribution in [0.3, 0.4) is 0 Å². The van der Waals surface area contributed by atoms with Crippen LogP contribution in [0.4, 0.5) is 4.39 Å². The Balaban J connectivity index is 1.84. The van der Waals surface area contributed by atoms with Crippen molar-refractivity contribution in [2.24, 2.45) is 5.14 Å². The molecule has 0 radical (unpaired) electrons. The standard InChI is InChI=1S/C21H25FN2O3S/c1-21(2,3)16-8-4-15(5-9-16)13-24-19(25)11-7-14-6-10-17(18(22)12-14)20(26)27-28-23/h4-6,8-10,12H,7,11,13,23H2,1-3H3,(H,24,25). The molecule has 1 amide bonds. The number of benzene rings is 2. The largest absolute Gasteiger partial charge is 0.371 e. The van der Waals surface area contributed by atoms with Crippen molar-refractivity contribution < 1.29 is 18.2 Å². The molecule has 2 aromatic rings. The molecule has 0 aliphatic carbocycles. The first-order valence-corrected chi connectivity index (χ1v) is 9.73. The van der Waals surface area contributed by atoms with Crippen LogP contribution in [0.1, 0.15) is 54.2 Å². The van der Waals surface area contributed by atoms with E-state index in [2.05, 4.69) is 42.4 Å². The molecule has 150 valence electrons. The van der Waals surface area contributed by atoms with Gasteiger partial charge in [-0.1, -0.05) is 51.1 Å². The molecule has 0 aliphatic heterocycles. The maximum absolute atomic E-state index is 14.0. The van der Waals surface area contributed by atoms with E-state index in [0.717, 1.165) is 5.56 Å². The lowest BCUT2D eigenvalue weighted by molar-refractivity contribution is -0.121. The summed E-state index contributed by atoms with van der Waals surface area (Å²) < 4.78 is 18.5. The molecule has 3 N–H and O–H groups in total. The quantitative estimate of drug-likeness (QED) is 0.537. The molecule has 0 saturated heterocycles. The number of hydrogen-bond acceptors (Lipinski definition) is 5. The number of carbonyl (C=O) groups excluding carboxylic acids is 2. The third-order valence-electron chi connectivity index (χ3n) is 4.33. The van der Waals surface area contributed by atoms with Gasteiger partial charge in [0.2, 0.25) is 5.91 Å². The highest BCUT2D eigenvalue weighted by molar-refractivity contribution is 7.92. The van der Waals surface area contributed by atoms with E-state index in [-0.39, 0.29) is 23.3 Å². The summed E-state index contributed by atoms with van der Waals surface area (Å²) in [5, 5.41) is 7.90. The highest BCUT2D eigenvalue weighted by atomic mass is 32.2. The number of rotatable bonds is 7. The van der Waals surface area contributed by atoms with Crippen molar-refractivity contribution in [3.8, 4) is 0 Å². The third-order valence-corrected chi connectivity index (χ3v) is 4.58. The third kappa shape index (κ3) is 6.35. The molecule has 0 bridgehead atoms. The van der Waals surface area contributed by atoms with Crippen molar-refractivity contribution in [1.82, 2.24) is 5.32 Å². The number of hydrogen-bond donors (Lipinski definition) is 2. The second-order valence-corrected chi connectivity index (χ2v) is 7.86. The predicted octanol–water partition coefficient (Wildman–Crippen LogP) is 4.05. The Morgan fingerprint density at radius 2 is 1.75 bits per heavy atom. The van der Waals surface area contributed by atoms with Crippen LogP contribution in [0, 0.1) is 5.82 Å². The maximum Gasteiger partial charge on any atom is 0.354 e. The van der Waals surface area contributed by atoms with Gasteiger partial charge in [0.1, 0.15) is 18.0 Å². The molecule has 2 rings (SSSR count). The first kappa shape index (κ1) is 21.9. The topological polar surface area (TPSA) is 81.4 Å². The molecule has 0 atom stereocenters. The van der Waals surface area contributed by atoms with Crippen LogP contribution < -0.4 is 10.5 Å². The summed E-state index contributed by atoms with van der Waals surface area (Å²) in [6.07, 6.45) is 0.592. The van der Waals surface area contributed by atoms with Crippen LogP contribution in [0.15, 0.2) is 42.5 Å². The van der Waals surface area contributed by atoms with E-state index >= 15 is 0 Å². The van der Waals surface area contributed by atoms with Gasteiger partial charge in [-0.05, 0) is 40.7 Å². The van der Waals surface area contributed by atoms with E-state index in [9.17, 15) is 14.0 Å². The summed E-state index contributed by atoms with van der Waals surface area (Å²) in [6, 6.07) is 12.3. The lowest BCUT2D eigenvalue weighted by atomic mass is 9.87. The molecule has 0 saturated carbocycles. The van der Waals surface area contributed by atoms with Crippen LogP contribution in [0.5, 0.6) is 0 Å². The molecule has 0 spiro atoms. The van der Waals surface area contributed by atoms with Crippen LogP contribution in [-0.4, -0.2) is 11.9 Å². The number of carbonyl (C=O) groups is 2. The van der Waals surface area contributed by atoms with Crippen molar-refractivity contribution in [1.29, 1.82) is 0 Å². The molecule has 28 heavy (non-hydrogen) atoms. The second kappa shape index (κ2) is 9.71. The van der Waals surface area contributed by atoms with Gasteiger partial charge in [0.05, 0.1) is 5.56 Å². The average Bonchev–Trinajstić information content (AvgIpc) is 2.64. The molecule has 0 heterocycles. The van der Waals surface area contributed by atoms with E-state index < -0.39 is 11.8 Å². The summed E-state index contributed by atoms with van der Waals surface area (Å²) in [6.45, 7) is 6.90. The summed E-state index contributed by atoms with van der Waals surface area (Å²) in [7, 11) is 0. The zero-order chi connectivity index (χ0) is 20.7. The van der Waals surface area contributed by atoms with Gasteiger partial charge in [0.15, 0.2) is 0 Å². The predicted molar refractivity (Wildman–Crippen MR) is 109 cm³/mol. The van der Waals surface area contributed by atoms with Crippen LogP contribution in [-0.2, 0) is 27.4 Å². The van der Waals surface area contributed by atoms with Gasteiger partial charge < -0.3 is 9.50 Å². The van der Waals surface area contributed by atoms with Gasteiger partial charge in [-0.2, -0.15) is 0 Å². The maximum atomic E-state index is 14.0. The van der Waals surface area contributed by atoms with Gasteiger partial charge in [-0.15, -0.1) is 0 Å². The Bertz CT molecular complexity index is 833. The minimum atomic E-state index is -0.841. The Morgan fingerprint density at radius 3 is 2.32 bits per heavy atom. The Morgan fingerprint density at radius 1 is 1.11 bits per heavy atom. The minimum Gasteiger partial charge on any atom is -0.371 e. The van der Waals surface area contributed by atoms with Gasteiger partial charge >= 0.3 is 5.97 Å².